The Morgan fingerprint density at radius 3 is 2.69 bits per heavy atom. The van der Waals surface area contributed by atoms with Gasteiger partial charge in [-0.2, -0.15) is 0 Å². The predicted molar refractivity (Wildman–Crippen MR) is 130 cm³/mol. The van der Waals surface area contributed by atoms with Gasteiger partial charge in [-0.3, -0.25) is 0 Å². The van der Waals surface area contributed by atoms with Gasteiger partial charge in [0, 0.05) is 32.9 Å². The van der Waals surface area contributed by atoms with Gasteiger partial charge in [-0.05, 0) is 44.7 Å². The lowest BCUT2D eigenvalue weighted by atomic mass is 10.1. The van der Waals surface area contributed by atoms with Crippen LogP contribution in [0.2, 0.25) is 5.02 Å². The van der Waals surface area contributed by atoms with E-state index in [2.05, 4.69) is 29.5 Å². The third kappa shape index (κ3) is 10.7. The van der Waals surface area contributed by atoms with E-state index in [1.54, 1.807) is 0 Å². The monoisotopic (exact) mass is 539 g/mol. The van der Waals surface area contributed by atoms with Crippen molar-refractivity contribution in [2.45, 2.75) is 51.7 Å². The van der Waals surface area contributed by atoms with E-state index in [1.165, 1.54) is 0 Å². The highest BCUT2D eigenvalue weighted by Crippen LogP contribution is 2.24. The van der Waals surface area contributed by atoms with Crippen LogP contribution in [-0.4, -0.2) is 57.6 Å². The fraction of sp³-hybridized carbons (Fsp3) is 0.667. The quantitative estimate of drug-likeness (QED) is 0.190. The molecule has 1 fully saturated rings. The first-order chi connectivity index (χ1) is 13.7. The van der Waals surface area contributed by atoms with Crippen LogP contribution in [0.1, 0.15) is 39.5 Å². The van der Waals surface area contributed by atoms with Gasteiger partial charge in [0.25, 0.3) is 0 Å². The standard InChI is InChI=1S/C21H34ClN3O3.HI/c1-3-17(28-20-9-6-5-8-19(20)22)16-25-21(23-4-2)24-12-7-13-27-18-10-14-26-15-11-18;/h5-6,8-9,17-18H,3-4,7,10-16H2,1-2H3,(H2,23,24,25);1H. The van der Waals surface area contributed by atoms with Gasteiger partial charge in [0.1, 0.15) is 11.9 Å². The first-order valence-corrected chi connectivity index (χ1v) is 10.7. The van der Waals surface area contributed by atoms with Crippen LogP contribution < -0.4 is 15.4 Å². The number of guanidine groups is 1. The zero-order chi connectivity index (χ0) is 20.0. The van der Waals surface area contributed by atoms with Gasteiger partial charge in [-0.15, -0.1) is 24.0 Å². The Labute approximate surface area is 197 Å². The molecule has 1 aromatic rings. The number of para-hydroxylation sites is 1. The maximum absolute atomic E-state index is 6.19. The molecule has 1 atom stereocenters. The molecule has 0 amide bonds. The number of ether oxygens (including phenoxy) is 3. The molecule has 0 saturated carbocycles. The van der Waals surface area contributed by atoms with E-state index >= 15 is 0 Å². The van der Waals surface area contributed by atoms with Crippen LogP contribution in [0.4, 0.5) is 0 Å². The molecule has 166 valence electrons. The fourth-order valence-corrected chi connectivity index (χ4v) is 3.06. The zero-order valence-electron chi connectivity index (χ0n) is 17.5. The molecule has 8 heteroatoms. The highest BCUT2D eigenvalue weighted by molar-refractivity contribution is 14.0. The highest BCUT2D eigenvalue weighted by Gasteiger charge is 2.13. The number of aliphatic imine (C=N–C) groups is 1. The molecule has 1 aliphatic heterocycles. The molecule has 1 unspecified atom stereocenters. The molecule has 0 aliphatic carbocycles. The van der Waals surface area contributed by atoms with Crippen LogP contribution in [0.15, 0.2) is 29.3 Å². The second-order valence-electron chi connectivity index (χ2n) is 6.76. The molecule has 29 heavy (non-hydrogen) atoms. The van der Waals surface area contributed by atoms with E-state index in [0.29, 0.717) is 23.4 Å². The van der Waals surface area contributed by atoms with E-state index in [9.17, 15) is 0 Å². The van der Waals surface area contributed by atoms with E-state index in [1.807, 2.05) is 24.3 Å². The van der Waals surface area contributed by atoms with Crippen LogP contribution in [-0.2, 0) is 9.47 Å². The average molecular weight is 540 g/mol. The minimum atomic E-state index is -0.0211. The fourth-order valence-electron chi connectivity index (χ4n) is 2.88. The highest BCUT2D eigenvalue weighted by atomic mass is 127. The normalized spacial score (nSPS) is 16.0. The summed E-state index contributed by atoms with van der Waals surface area (Å²) in [5, 5.41) is 7.27. The maximum Gasteiger partial charge on any atom is 0.191 e. The lowest BCUT2D eigenvalue weighted by Crippen LogP contribution is -2.39. The van der Waals surface area contributed by atoms with Crippen LogP contribution in [0.5, 0.6) is 5.75 Å². The van der Waals surface area contributed by atoms with Crippen molar-refractivity contribution in [3.63, 3.8) is 0 Å². The molecule has 6 nitrogen and oxygen atoms in total. The van der Waals surface area contributed by atoms with Gasteiger partial charge < -0.3 is 24.8 Å². The van der Waals surface area contributed by atoms with Crippen molar-refractivity contribution in [3.8, 4) is 5.75 Å². The molecule has 1 saturated heterocycles. The Morgan fingerprint density at radius 2 is 2.00 bits per heavy atom. The second kappa shape index (κ2) is 16.0. The number of halogens is 2. The van der Waals surface area contributed by atoms with Gasteiger partial charge in [0.2, 0.25) is 0 Å². The van der Waals surface area contributed by atoms with Crippen molar-refractivity contribution < 1.29 is 14.2 Å². The van der Waals surface area contributed by atoms with Crippen molar-refractivity contribution in [1.82, 2.24) is 10.6 Å². The Balaban J connectivity index is 0.00000420. The minimum absolute atomic E-state index is 0. The van der Waals surface area contributed by atoms with Gasteiger partial charge in [-0.25, -0.2) is 4.99 Å². The third-order valence-electron chi connectivity index (χ3n) is 4.52. The van der Waals surface area contributed by atoms with E-state index in [0.717, 1.165) is 64.6 Å². The maximum atomic E-state index is 6.19. The third-order valence-corrected chi connectivity index (χ3v) is 4.83. The summed E-state index contributed by atoms with van der Waals surface area (Å²) in [7, 11) is 0. The van der Waals surface area contributed by atoms with Crippen LogP contribution in [0.25, 0.3) is 0 Å². The van der Waals surface area contributed by atoms with E-state index in [-0.39, 0.29) is 30.1 Å². The second-order valence-corrected chi connectivity index (χ2v) is 7.17. The summed E-state index contributed by atoms with van der Waals surface area (Å²) in [5.41, 5.74) is 0. The summed E-state index contributed by atoms with van der Waals surface area (Å²) in [6.45, 7) is 8.72. The number of hydrogen-bond donors (Lipinski definition) is 2. The molecular weight excluding hydrogens is 505 g/mol. The molecule has 0 bridgehead atoms. The van der Waals surface area contributed by atoms with Crippen molar-refractivity contribution in [1.29, 1.82) is 0 Å². The van der Waals surface area contributed by atoms with Gasteiger partial charge in [-0.1, -0.05) is 30.7 Å². The first-order valence-electron chi connectivity index (χ1n) is 10.4. The Kier molecular flexibility index (Phi) is 14.5. The Morgan fingerprint density at radius 1 is 1.24 bits per heavy atom. The van der Waals surface area contributed by atoms with Crippen LogP contribution in [0, 0.1) is 0 Å². The van der Waals surface area contributed by atoms with Crippen molar-refractivity contribution in [2.24, 2.45) is 4.99 Å². The van der Waals surface area contributed by atoms with Crippen LogP contribution >= 0.6 is 35.6 Å². The summed E-state index contributed by atoms with van der Waals surface area (Å²) >= 11 is 6.19. The lowest BCUT2D eigenvalue weighted by molar-refractivity contribution is -0.0320. The summed E-state index contributed by atoms with van der Waals surface area (Å²) in [6, 6.07) is 7.54. The Bertz CT molecular complexity index is 586. The lowest BCUT2D eigenvalue weighted by Gasteiger charge is -2.22. The summed E-state index contributed by atoms with van der Waals surface area (Å²) in [5.74, 6) is 1.50. The number of nitrogens with one attached hydrogen (secondary N) is 2. The first kappa shape index (κ1) is 26.3. The molecule has 0 radical (unpaired) electrons. The molecular formula is C21H35ClIN3O3. The largest absolute Gasteiger partial charge is 0.487 e. The molecule has 0 aromatic heterocycles. The van der Waals surface area contributed by atoms with Gasteiger partial charge in [0.15, 0.2) is 5.96 Å². The minimum Gasteiger partial charge on any atom is -0.487 e. The van der Waals surface area contributed by atoms with Crippen molar-refractivity contribution in [3.05, 3.63) is 29.3 Å². The molecule has 2 rings (SSSR count). The Hall–Kier alpha value is -0.770. The topological polar surface area (TPSA) is 64.1 Å². The number of rotatable bonds is 11. The average Bonchev–Trinajstić information content (AvgIpc) is 2.72. The molecule has 2 N–H and O–H groups in total. The summed E-state index contributed by atoms with van der Waals surface area (Å²) in [4.78, 5) is 4.67. The van der Waals surface area contributed by atoms with Crippen molar-refractivity contribution >= 4 is 41.5 Å². The predicted octanol–water partition coefficient (Wildman–Crippen LogP) is 4.26. The van der Waals surface area contributed by atoms with Crippen LogP contribution in [0.3, 0.4) is 0 Å². The smallest absolute Gasteiger partial charge is 0.191 e. The summed E-state index contributed by atoms with van der Waals surface area (Å²) < 4.78 is 17.3. The van der Waals surface area contributed by atoms with Gasteiger partial charge >= 0.3 is 0 Å². The summed E-state index contributed by atoms with van der Waals surface area (Å²) in [6.07, 6.45) is 4.13. The molecule has 1 heterocycles. The van der Waals surface area contributed by atoms with Gasteiger partial charge in [0.05, 0.1) is 17.7 Å². The molecule has 1 aliphatic rings. The zero-order valence-corrected chi connectivity index (χ0v) is 20.6. The molecule has 1 aromatic carbocycles. The van der Waals surface area contributed by atoms with E-state index < -0.39 is 0 Å². The van der Waals surface area contributed by atoms with E-state index in [4.69, 9.17) is 25.8 Å². The number of benzene rings is 1. The number of hydrogen-bond acceptors (Lipinski definition) is 4. The molecule has 0 spiro atoms. The van der Waals surface area contributed by atoms with Crippen molar-refractivity contribution in [2.75, 3.05) is 39.5 Å². The number of nitrogens with zero attached hydrogens (tertiary/aromatic N) is 1. The SMILES string of the molecule is CCNC(=NCC(CC)Oc1ccccc1Cl)NCCCOC1CCOCC1.I.